The number of carbonyl (C=O) groups excluding carboxylic acids is 1. The summed E-state index contributed by atoms with van der Waals surface area (Å²) in [4.78, 5) is 12.4. The Labute approximate surface area is 165 Å². The van der Waals surface area contributed by atoms with Crippen LogP contribution in [0.3, 0.4) is 0 Å². The summed E-state index contributed by atoms with van der Waals surface area (Å²) in [5.41, 5.74) is -1.08. The van der Waals surface area contributed by atoms with Crippen molar-refractivity contribution < 1.29 is 32.2 Å². The molecular formula is C20H17F3N2O4. The molecule has 0 aliphatic rings. The minimum Gasteiger partial charge on any atom is -0.496 e. The van der Waals surface area contributed by atoms with E-state index in [1.165, 1.54) is 45.6 Å². The molecule has 2 rings (SSSR count). The van der Waals surface area contributed by atoms with Gasteiger partial charge in [0, 0.05) is 17.8 Å². The Kier molecular flexibility index (Phi) is 6.72. The van der Waals surface area contributed by atoms with Crippen LogP contribution in [0.15, 0.2) is 42.0 Å². The molecule has 0 atom stereocenters. The van der Waals surface area contributed by atoms with E-state index in [1.54, 1.807) is 6.07 Å². The van der Waals surface area contributed by atoms with Gasteiger partial charge in [-0.3, -0.25) is 4.79 Å². The fraction of sp³-hybridized carbons (Fsp3) is 0.200. The third-order valence-corrected chi connectivity index (χ3v) is 3.85. The van der Waals surface area contributed by atoms with Crippen LogP contribution in [0, 0.1) is 11.3 Å². The van der Waals surface area contributed by atoms with Gasteiger partial charge >= 0.3 is 6.18 Å². The van der Waals surface area contributed by atoms with Gasteiger partial charge in [0.15, 0.2) is 0 Å². The van der Waals surface area contributed by atoms with Crippen LogP contribution in [-0.4, -0.2) is 27.2 Å². The highest BCUT2D eigenvalue weighted by molar-refractivity contribution is 6.10. The molecule has 2 aromatic rings. The number of amides is 1. The van der Waals surface area contributed by atoms with Crippen LogP contribution < -0.4 is 19.5 Å². The highest BCUT2D eigenvalue weighted by Crippen LogP contribution is 2.36. The van der Waals surface area contributed by atoms with Gasteiger partial charge in [-0.05, 0) is 24.3 Å². The van der Waals surface area contributed by atoms with Crippen LogP contribution in [0.5, 0.6) is 17.2 Å². The molecule has 29 heavy (non-hydrogen) atoms. The fourth-order valence-corrected chi connectivity index (χ4v) is 2.44. The first-order chi connectivity index (χ1) is 13.7. The average Bonchev–Trinajstić information content (AvgIpc) is 2.70. The van der Waals surface area contributed by atoms with Gasteiger partial charge in [-0.2, -0.15) is 18.4 Å². The lowest BCUT2D eigenvalue weighted by Crippen LogP contribution is -2.14. The van der Waals surface area contributed by atoms with Crippen LogP contribution in [-0.2, 0) is 11.0 Å². The predicted octanol–water partition coefficient (Wildman–Crippen LogP) is 4.28. The number of methoxy groups -OCH3 is 3. The summed E-state index contributed by atoms with van der Waals surface area (Å²) < 4.78 is 54.1. The highest BCUT2D eigenvalue weighted by Gasteiger charge is 2.30. The van der Waals surface area contributed by atoms with E-state index in [-0.39, 0.29) is 22.8 Å². The third-order valence-electron chi connectivity index (χ3n) is 3.85. The second-order valence-corrected chi connectivity index (χ2v) is 5.65. The van der Waals surface area contributed by atoms with Crippen LogP contribution in [0.25, 0.3) is 6.08 Å². The van der Waals surface area contributed by atoms with Crippen molar-refractivity contribution in [2.75, 3.05) is 26.6 Å². The normalized spacial score (nSPS) is 11.4. The first kappa shape index (κ1) is 21.6. The van der Waals surface area contributed by atoms with Gasteiger partial charge in [-0.1, -0.05) is 6.07 Å². The van der Waals surface area contributed by atoms with Gasteiger partial charge in [0.1, 0.15) is 28.9 Å². The summed E-state index contributed by atoms with van der Waals surface area (Å²) >= 11 is 0. The Morgan fingerprint density at radius 1 is 1.07 bits per heavy atom. The Hall–Kier alpha value is -3.67. The standard InChI is InChI=1S/C20H17F3N2O4/c1-27-15-9-17(28-2)16(18(10-15)29-3)7-12(11-24)19(26)25-14-6-4-5-13(8-14)20(21,22)23/h4-10H,1-3H3,(H,25,26)/b12-7-. The van der Waals surface area contributed by atoms with E-state index in [0.717, 1.165) is 18.2 Å². The molecule has 0 heterocycles. The fourth-order valence-electron chi connectivity index (χ4n) is 2.44. The van der Waals surface area contributed by atoms with Crippen molar-refractivity contribution in [3.63, 3.8) is 0 Å². The SMILES string of the molecule is COc1cc(OC)c(/C=C(/C#N)C(=O)Nc2cccc(C(F)(F)F)c2)c(OC)c1. The molecule has 0 unspecified atom stereocenters. The minimum absolute atomic E-state index is 0.0976. The second-order valence-electron chi connectivity index (χ2n) is 5.65. The van der Waals surface area contributed by atoms with Gasteiger partial charge in [0.2, 0.25) is 0 Å². The first-order valence-electron chi connectivity index (χ1n) is 8.14. The molecule has 0 saturated carbocycles. The van der Waals surface area contributed by atoms with E-state index >= 15 is 0 Å². The lowest BCUT2D eigenvalue weighted by Gasteiger charge is -2.13. The van der Waals surface area contributed by atoms with E-state index < -0.39 is 17.6 Å². The summed E-state index contributed by atoms with van der Waals surface area (Å²) in [6.45, 7) is 0. The lowest BCUT2D eigenvalue weighted by atomic mass is 10.1. The summed E-state index contributed by atoms with van der Waals surface area (Å²) in [7, 11) is 4.23. The monoisotopic (exact) mass is 406 g/mol. The van der Waals surface area contributed by atoms with Crippen molar-refractivity contribution in [1.29, 1.82) is 5.26 Å². The number of rotatable bonds is 6. The molecule has 0 saturated heterocycles. The molecule has 152 valence electrons. The number of anilines is 1. The smallest absolute Gasteiger partial charge is 0.416 e. The lowest BCUT2D eigenvalue weighted by molar-refractivity contribution is -0.137. The summed E-state index contributed by atoms with van der Waals surface area (Å²) in [5.74, 6) is 0.108. The largest absolute Gasteiger partial charge is 0.496 e. The maximum atomic E-state index is 12.8. The molecule has 0 bridgehead atoms. The number of hydrogen-bond acceptors (Lipinski definition) is 5. The molecule has 9 heteroatoms. The second kappa shape index (κ2) is 9.01. The quantitative estimate of drug-likeness (QED) is 0.572. The zero-order chi connectivity index (χ0) is 21.6. The van der Waals surface area contributed by atoms with Crippen LogP contribution in [0.1, 0.15) is 11.1 Å². The van der Waals surface area contributed by atoms with Crippen LogP contribution >= 0.6 is 0 Å². The minimum atomic E-state index is -4.56. The van der Waals surface area contributed by atoms with Crippen molar-refractivity contribution in [3.8, 4) is 23.3 Å². The average molecular weight is 406 g/mol. The molecular weight excluding hydrogens is 389 g/mol. The summed E-state index contributed by atoms with van der Waals surface area (Å²) in [5, 5.41) is 11.7. The van der Waals surface area contributed by atoms with Crippen LogP contribution in [0.4, 0.5) is 18.9 Å². The molecule has 0 spiro atoms. The molecule has 6 nitrogen and oxygen atoms in total. The topological polar surface area (TPSA) is 80.6 Å². The Balaban J connectivity index is 2.40. The zero-order valence-corrected chi connectivity index (χ0v) is 15.8. The van der Waals surface area contributed by atoms with E-state index in [0.29, 0.717) is 11.3 Å². The molecule has 1 amide bonds. The first-order valence-corrected chi connectivity index (χ1v) is 8.14. The van der Waals surface area contributed by atoms with E-state index in [2.05, 4.69) is 5.32 Å². The number of halogens is 3. The van der Waals surface area contributed by atoms with Gasteiger partial charge in [-0.25, -0.2) is 0 Å². The molecule has 0 fully saturated rings. The maximum Gasteiger partial charge on any atom is 0.416 e. The number of alkyl halides is 3. The molecule has 0 aromatic heterocycles. The number of ether oxygens (including phenoxy) is 3. The number of nitriles is 1. The Morgan fingerprint density at radius 3 is 2.17 bits per heavy atom. The molecule has 2 aromatic carbocycles. The molecule has 1 N–H and O–H groups in total. The number of benzene rings is 2. The molecule has 0 aliphatic carbocycles. The summed E-state index contributed by atoms with van der Waals surface area (Å²) in [6.07, 6.45) is -3.33. The Bertz CT molecular complexity index is 953. The van der Waals surface area contributed by atoms with Crippen molar-refractivity contribution in [1.82, 2.24) is 0 Å². The van der Waals surface area contributed by atoms with Crippen molar-refractivity contribution in [2.45, 2.75) is 6.18 Å². The number of nitrogens with zero attached hydrogens (tertiary/aromatic N) is 1. The maximum absolute atomic E-state index is 12.8. The number of carbonyl (C=O) groups is 1. The zero-order valence-electron chi connectivity index (χ0n) is 15.8. The van der Waals surface area contributed by atoms with Crippen molar-refractivity contribution in [3.05, 3.63) is 53.1 Å². The predicted molar refractivity (Wildman–Crippen MR) is 99.8 cm³/mol. The van der Waals surface area contributed by atoms with Gasteiger partial charge < -0.3 is 19.5 Å². The van der Waals surface area contributed by atoms with Gasteiger partial charge in [0.05, 0.1) is 32.5 Å². The van der Waals surface area contributed by atoms with Crippen molar-refractivity contribution >= 4 is 17.7 Å². The number of nitrogens with one attached hydrogen (secondary N) is 1. The summed E-state index contributed by atoms with van der Waals surface area (Å²) in [6, 6.07) is 8.91. The van der Waals surface area contributed by atoms with Gasteiger partial charge in [-0.15, -0.1) is 0 Å². The molecule has 0 radical (unpaired) electrons. The Morgan fingerprint density at radius 2 is 1.69 bits per heavy atom. The van der Waals surface area contributed by atoms with Crippen molar-refractivity contribution in [2.24, 2.45) is 0 Å². The van der Waals surface area contributed by atoms with E-state index in [1.807, 2.05) is 0 Å². The van der Waals surface area contributed by atoms with Crippen LogP contribution in [0.2, 0.25) is 0 Å². The van der Waals surface area contributed by atoms with Gasteiger partial charge in [0.25, 0.3) is 5.91 Å². The third kappa shape index (κ3) is 5.19. The van der Waals surface area contributed by atoms with E-state index in [4.69, 9.17) is 14.2 Å². The van der Waals surface area contributed by atoms with E-state index in [9.17, 15) is 23.2 Å². The molecule has 0 aliphatic heterocycles. The number of hydrogen-bond donors (Lipinski definition) is 1. The highest BCUT2D eigenvalue weighted by atomic mass is 19.4.